The highest BCUT2D eigenvalue weighted by atomic mass is 16.7. The van der Waals surface area contributed by atoms with Crippen LogP contribution >= 0.6 is 0 Å². The fourth-order valence-corrected chi connectivity index (χ4v) is 4.69. The first-order valence-corrected chi connectivity index (χ1v) is 12.6. The molecule has 0 saturated carbocycles. The molecule has 0 spiro atoms. The SMILES string of the molecule is C=CCOC(=O)Nc1ccc(C2OC(Cn3cnc4ccccc43)C(C)C(c3ccc(CO)cc3)O2)cc1. The highest BCUT2D eigenvalue weighted by molar-refractivity contribution is 5.84. The van der Waals surface area contributed by atoms with E-state index in [4.69, 9.17) is 14.2 Å². The van der Waals surface area contributed by atoms with E-state index in [9.17, 15) is 9.90 Å². The van der Waals surface area contributed by atoms with E-state index in [-0.39, 0.29) is 31.3 Å². The molecular weight excluding hydrogens is 482 g/mol. The molecule has 4 aromatic rings. The third-order valence-electron chi connectivity index (χ3n) is 6.79. The fraction of sp³-hybridized carbons (Fsp3) is 0.267. The van der Waals surface area contributed by atoms with Gasteiger partial charge in [0, 0.05) is 17.2 Å². The number of rotatable bonds is 8. The van der Waals surface area contributed by atoms with Gasteiger partial charge in [-0.15, -0.1) is 0 Å². The summed E-state index contributed by atoms with van der Waals surface area (Å²) in [6.07, 6.45) is 1.81. The molecule has 0 aliphatic carbocycles. The van der Waals surface area contributed by atoms with Crippen LogP contribution in [0.25, 0.3) is 11.0 Å². The number of aromatic nitrogens is 2. The summed E-state index contributed by atoms with van der Waals surface area (Å²) in [5, 5.41) is 12.2. The summed E-state index contributed by atoms with van der Waals surface area (Å²) in [5.74, 6) is 0.0351. The summed E-state index contributed by atoms with van der Waals surface area (Å²) in [5.41, 5.74) is 5.29. The molecule has 4 atom stereocenters. The Morgan fingerprint density at radius 1 is 1.08 bits per heavy atom. The Labute approximate surface area is 221 Å². The number of benzene rings is 3. The number of amides is 1. The molecule has 4 unspecified atom stereocenters. The van der Waals surface area contributed by atoms with Crippen molar-refractivity contribution in [3.63, 3.8) is 0 Å². The molecule has 1 aliphatic rings. The van der Waals surface area contributed by atoms with Crippen molar-refractivity contribution in [1.29, 1.82) is 0 Å². The van der Waals surface area contributed by atoms with Gasteiger partial charge >= 0.3 is 6.09 Å². The average Bonchev–Trinajstić information content (AvgIpc) is 3.36. The lowest BCUT2D eigenvalue weighted by atomic mass is 9.90. The average molecular weight is 514 g/mol. The highest BCUT2D eigenvalue weighted by Crippen LogP contribution is 2.42. The standard InChI is InChI=1S/C30H31N3O5/c1-3-16-36-30(35)32-24-14-12-23(13-15-24)29-37-27(17-33-19-31-25-6-4-5-7-26(25)33)20(2)28(38-29)22-10-8-21(18-34)9-11-22/h3-15,19-20,27-29,34H,1,16-18H2,2H3,(H,32,35). The molecule has 1 aromatic heterocycles. The van der Waals surface area contributed by atoms with Crippen molar-refractivity contribution in [2.45, 2.75) is 38.6 Å². The van der Waals surface area contributed by atoms with Crippen LogP contribution in [-0.2, 0) is 27.4 Å². The van der Waals surface area contributed by atoms with Crippen LogP contribution in [0.3, 0.4) is 0 Å². The number of aliphatic hydroxyl groups excluding tert-OH is 1. The topological polar surface area (TPSA) is 94.8 Å². The quantitative estimate of drug-likeness (QED) is 0.291. The second-order valence-corrected chi connectivity index (χ2v) is 9.34. The molecule has 5 rings (SSSR count). The maximum absolute atomic E-state index is 11.9. The van der Waals surface area contributed by atoms with Gasteiger partial charge in [-0.2, -0.15) is 0 Å². The number of nitrogens with one attached hydrogen (secondary N) is 1. The molecule has 2 N–H and O–H groups in total. The molecule has 1 saturated heterocycles. The van der Waals surface area contributed by atoms with E-state index in [2.05, 4.69) is 34.4 Å². The number of imidazole rings is 1. The van der Waals surface area contributed by atoms with E-state index in [1.807, 2.05) is 60.9 Å². The van der Waals surface area contributed by atoms with E-state index < -0.39 is 12.4 Å². The van der Waals surface area contributed by atoms with Gasteiger partial charge in [0.05, 0.1) is 42.7 Å². The van der Waals surface area contributed by atoms with E-state index in [0.717, 1.165) is 27.7 Å². The fourth-order valence-electron chi connectivity index (χ4n) is 4.69. The maximum atomic E-state index is 11.9. The first-order valence-electron chi connectivity index (χ1n) is 12.6. The van der Waals surface area contributed by atoms with E-state index in [1.54, 1.807) is 12.1 Å². The van der Waals surface area contributed by atoms with Gasteiger partial charge in [0.15, 0.2) is 6.29 Å². The molecule has 2 heterocycles. The Bertz CT molecular complexity index is 1380. The Hall–Kier alpha value is -3.98. The monoisotopic (exact) mass is 513 g/mol. The van der Waals surface area contributed by atoms with Crippen molar-refractivity contribution in [3.05, 3.63) is 108 Å². The van der Waals surface area contributed by atoms with Gasteiger partial charge in [-0.25, -0.2) is 9.78 Å². The first-order chi connectivity index (χ1) is 18.6. The number of ether oxygens (including phenoxy) is 3. The number of carbonyl (C=O) groups excluding carboxylic acids is 1. The minimum Gasteiger partial charge on any atom is -0.445 e. The Morgan fingerprint density at radius 3 is 2.55 bits per heavy atom. The summed E-state index contributed by atoms with van der Waals surface area (Å²) in [7, 11) is 0. The summed E-state index contributed by atoms with van der Waals surface area (Å²) >= 11 is 0. The van der Waals surface area contributed by atoms with Crippen LogP contribution in [0.4, 0.5) is 10.5 Å². The Kier molecular flexibility index (Phi) is 7.83. The third kappa shape index (κ3) is 5.62. The van der Waals surface area contributed by atoms with Crippen LogP contribution in [0.1, 0.15) is 36.0 Å². The van der Waals surface area contributed by atoms with Gasteiger partial charge in [-0.3, -0.25) is 5.32 Å². The van der Waals surface area contributed by atoms with Gasteiger partial charge in [0.2, 0.25) is 0 Å². The van der Waals surface area contributed by atoms with Crippen LogP contribution in [0.2, 0.25) is 0 Å². The Balaban J connectivity index is 1.40. The van der Waals surface area contributed by atoms with Crippen LogP contribution in [0.15, 0.2) is 91.8 Å². The van der Waals surface area contributed by atoms with Crippen molar-refractivity contribution in [1.82, 2.24) is 9.55 Å². The predicted molar refractivity (Wildman–Crippen MR) is 144 cm³/mol. The predicted octanol–water partition coefficient (Wildman–Crippen LogP) is 5.75. The highest BCUT2D eigenvalue weighted by Gasteiger charge is 2.38. The van der Waals surface area contributed by atoms with Crippen LogP contribution in [0.5, 0.6) is 0 Å². The third-order valence-corrected chi connectivity index (χ3v) is 6.79. The van der Waals surface area contributed by atoms with Gasteiger partial charge in [0.25, 0.3) is 0 Å². The van der Waals surface area contributed by atoms with Crippen molar-refractivity contribution < 1.29 is 24.1 Å². The zero-order valence-corrected chi connectivity index (χ0v) is 21.2. The first kappa shape index (κ1) is 25.7. The number of hydrogen-bond donors (Lipinski definition) is 2. The second-order valence-electron chi connectivity index (χ2n) is 9.34. The van der Waals surface area contributed by atoms with E-state index in [0.29, 0.717) is 12.2 Å². The summed E-state index contributed by atoms with van der Waals surface area (Å²) < 4.78 is 20.2. The number of hydrogen-bond acceptors (Lipinski definition) is 6. The smallest absolute Gasteiger partial charge is 0.411 e. The molecule has 3 aromatic carbocycles. The number of fused-ring (bicyclic) bond motifs is 1. The normalized spacial score (nSPS) is 21.2. The zero-order valence-electron chi connectivity index (χ0n) is 21.2. The molecule has 196 valence electrons. The maximum Gasteiger partial charge on any atom is 0.411 e. The minimum atomic E-state index is -0.615. The summed E-state index contributed by atoms with van der Waals surface area (Å²) in [4.78, 5) is 16.4. The van der Waals surface area contributed by atoms with Crippen LogP contribution < -0.4 is 5.32 Å². The van der Waals surface area contributed by atoms with E-state index in [1.165, 1.54) is 6.08 Å². The van der Waals surface area contributed by atoms with Crippen LogP contribution in [-0.4, -0.2) is 33.5 Å². The minimum absolute atomic E-state index is 0.00899. The van der Waals surface area contributed by atoms with Gasteiger partial charge < -0.3 is 23.9 Å². The number of nitrogens with zero attached hydrogens (tertiary/aromatic N) is 2. The number of carbonyl (C=O) groups is 1. The van der Waals surface area contributed by atoms with E-state index >= 15 is 0 Å². The molecule has 8 heteroatoms. The molecule has 38 heavy (non-hydrogen) atoms. The van der Waals surface area contributed by atoms with Gasteiger partial charge in [-0.1, -0.05) is 68.1 Å². The molecular formula is C30H31N3O5. The molecule has 1 fully saturated rings. The zero-order chi connectivity index (χ0) is 26.5. The molecule has 1 amide bonds. The molecule has 1 aliphatic heterocycles. The Morgan fingerprint density at radius 2 is 1.82 bits per heavy atom. The number of para-hydroxylation sites is 2. The number of anilines is 1. The van der Waals surface area contributed by atoms with Crippen molar-refractivity contribution >= 4 is 22.8 Å². The molecule has 8 nitrogen and oxygen atoms in total. The van der Waals surface area contributed by atoms with Crippen LogP contribution in [0, 0.1) is 5.92 Å². The lowest BCUT2D eigenvalue weighted by Gasteiger charge is -2.41. The lowest BCUT2D eigenvalue weighted by molar-refractivity contribution is -0.276. The molecule has 0 bridgehead atoms. The lowest BCUT2D eigenvalue weighted by Crippen LogP contribution is -2.39. The second kappa shape index (κ2) is 11.6. The summed E-state index contributed by atoms with van der Waals surface area (Å²) in [6, 6.07) is 23.2. The van der Waals surface area contributed by atoms with Crippen molar-refractivity contribution in [3.8, 4) is 0 Å². The summed E-state index contributed by atoms with van der Waals surface area (Å²) in [6.45, 7) is 6.41. The number of aliphatic hydroxyl groups is 1. The van der Waals surface area contributed by atoms with Crippen molar-refractivity contribution in [2.75, 3.05) is 11.9 Å². The largest absolute Gasteiger partial charge is 0.445 e. The van der Waals surface area contributed by atoms with Gasteiger partial charge in [0.1, 0.15) is 6.61 Å². The molecule has 0 radical (unpaired) electrons. The van der Waals surface area contributed by atoms with Crippen molar-refractivity contribution in [2.24, 2.45) is 5.92 Å². The van der Waals surface area contributed by atoms with Gasteiger partial charge in [-0.05, 0) is 35.4 Å².